The molecule has 3 heterocycles. The van der Waals surface area contributed by atoms with Crippen LogP contribution in [0.5, 0.6) is 11.5 Å². The molecular formula is C27H30N6O2. The Labute approximate surface area is 205 Å². The highest BCUT2D eigenvalue weighted by Gasteiger charge is 2.14. The van der Waals surface area contributed by atoms with Crippen molar-refractivity contribution in [2.75, 3.05) is 13.1 Å². The van der Waals surface area contributed by atoms with Gasteiger partial charge in [0.2, 0.25) is 0 Å². The molecule has 0 saturated heterocycles. The number of nitrogens with one attached hydrogen (secondary N) is 2. The monoisotopic (exact) mass is 470 g/mol. The summed E-state index contributed by atoms with van der Waals surface area (Å²) in [5.41, 5.74) is 4.06. The molecule has 0 fully saturated rings. The van der Waals surface area contributed by atoms with Crippen molar-refractivity contribution in [3.05, 3.63) is 96.1 Å². The maximum atomic E-state index is 12.8. The Balaban J connectivity index is 0.00000117. The number of nitrogens with zero attached hydrogens (tertiary/aromatic N) is 4. The molecule has 35 heavy (non-hydrogen) atoms. The van der Waals surface area contributed by atoms with Gasteiger partial charge in [-0.15, -0.1) is 5.10 Å². The molecule has 0 unspecified atom stereocenters. The Kier molecular flexibility index (Phi) is 7.52. The van der Waals surface area contributed by atoms with Gasteiger partial charge in [0.05, 0.1) is 23.6 Å². The first-order chi connectivity index (χ1) is 17.2. The summed E-state index contributed by atoms with van der Waals surface area (Å²) in [5.74, 6) is 1.15. The van der Waals surface area contributed by atoms with Gasteiger partial charge in [-0.1, -0.05) is 31.2 Å². The second-order valence-corrected chi connectivity index (χ2v) is 7.59. The van der Waals surface area contributed by atoms with E-state index in [2.05, 4.69) is 32.0 Å². The maximum Gasteiger partial charge on any atom is 0.251 e. The third-order valence-corrected chi connectivity index (χ3v) is 5.47. The smallest absolute Gasteiger partial charge is 0.251 e. The third kappa shape index (κ3) is 5.38. The van der Waals surface area contributed by atoms with Crippen molar-refractivity contribution in [3.63, 3.8) is 0 Å². The van der Waals surface area contributed by atoms with Gasteiger partial charge in [-0.05, 0) is 61.2 Å². The van der Waals surface area contributed by atoms with Crippen LogP contribution in [0.3, 0.4) is 0 Å². The van der Waals surface area contributed by atoms with Gasteiger partial charge in [0, 0.05) is 37.2 Å². The Morgan fingerprint density at radius 3 is 2.83 bits per heavy atom. The predicted octanol–water partition coefficient (Wildman–Crippen LogP) is 4.96. The van der Waals surface area contributed by atoms with E-state index in [0.29, 0.717) is 23.6 Å². The second kappa shape index (κ2) is 11.1. The maximum absolute atomic E-state index is 12.8. The van der Waals surface area contributed by atoms with Gasteiger partial charge in [-0.25, -0.2) is 4.68 Å². The van der Waals surface area contributed by atoms with E-state index in [1.54, 1.807) is 29.3 Å². The summed E-state index contributed by atoms with van der Waals surface area (Å²) in [4.78, 5) is 17.3. The Morgan fingerprint density at radius 1 is 1.17 bits per heavy atom. The van der Waals surface area contributed by atoms with Crippen LogP contribution in [0.15, 0.2) is 85.0 Å². The lowest BCUT2D eigenvalue weighted by molar-refractivity contribution is 0.0956. The van der Waals surface area contributed by atoms with Gasteiger partial charge in [-0.2, -0.15) is 0 Å². The number of hydrogen-bond acceptors (Lipinski definition) is 6. The van der Waals surface area contributed by atoms with Gasteiger partial charge < -0.3 is 15.4 Å². The van der Waals surface area contributed by atoms with Gasteiger partial charge in [-0.3, -0.25) is 9.78 Å². The summed E-state index contributed by atoms with van der Waals surface area (Å²) in [6.45, 7) is 7.13. The number of aromatic nitrogens is 4. The van der Waals surface area contributed by atoms with Crippen molar-refractivity contribution >= 4 is 16.8 Å². The first kappa shape index (κ1) is 23.7. The molecule has 2 aromatic carbocycles. The molecule has 0 aliphatic carbocycles. The molecule has 8 nitrogen and oxygen atoms in total. The first-order valence-electron chi connectivity index (χ1n) is 11.6. The Hall–Kier alpha value is -4.46. The molecule has 0 saturated carbocycles. The average molecular weight is 471 g/mol. The number of fused-ring (bicyclic) bond motifs is 1. The molecule has 0 atom stereocenters. The molecule has 2 N–H and O–H groups in total. The number of hydrogen-bond donors (Lipinski definition) is 2. The highest BCUT2D eigenvalue weighted by Crippen LogP contribution is 2.32. The van der Waals surface area contributed by atoms with E-state index >= 15 is 0 Å². The lowest BCUT2D eigenvalue weighted by atomic mass is 10.1. The lowest BCUT2D eigenvalue weighted by Crippen LogP contribution is -2.27. The van der Waals surface area contributed by atoms with Crippen LogP contribution in [-0.2, 0) is 0 Å². The normalized spacial score (nSPS) is 12.3. The lowest BCUT2D eigenvalue weighted by Gasteiger charge is -2.15. The summed E-state index contributed by atoms with van der Waals surface area (Å²) in [6, 6.07) is 13.1. The quantitative estimate of drug-likeness (QED) is 0.414. The molecule has 0 spiro atoms. The van der Waals surface area contributed by atoms with Crippen LogP contribution in [0.1, 0.15) is 31.2 Å². The first-order valence-corrected chi connectivity index (χ1v) is 11.6. The number of amides is 1. The molecule has 1 aliphatic heterocycles. The van der Waals surface area contributed by atoms with Crippen LogP contribution in [0.25, 0.3) is 16.6 Å². The number of carbonyl (C=O) groups is 1. The summed E-state index contributed by atoms with van der Waals surface area (Å²) in [6.07, 6.45) is 11.0. The zero-order valence-corrected chi connectivity index (χ0v) is 20.0. The molecule has 1 aliphatic rings. The van der Waals surface area contributed by atoms with Gasteiger partial charge in [0.15, 0.2) is 0 Å². The number of ether oxygens (including phenoxy) is 1. The molecule has 0 bridgehead atoms. The van der Waals surface area contributed by atoms with E-state index in [1.165, 1.54) is 0 Å². The molecule has 2 aromatic heterocycles. The van der Waals surface area contributed by atoms with E-state index in [9.17, 15) is 4.79 Å². The standard InChI is InChI=1S/C25H22N6O2.C2H6.H2/c1-17-20(25(32)28-16-18-7-10-26-11-8-18)3-2-4-23(17)33-24-9-12-27-22-15-19(5-6-21(22)24)31-14-13-29-30-31;1-2;/h2-10,12-15,26H,11,16H2,1H3,(H,28,32);1-2H3;1H. The van der Waals surface area contributed by atoms with Crippen molar-refractivity contribution in [2.45, 2.75) is 20.8 Å². The highest BCUT2D eigenvalue weighted by molar-refractivity contribution is 5.96. The SMILES string of the molecule is CC.Cc1c(Oc2ccnc3cc(-n4ccnn4)ccc23)cccc1C(=O)NCC1=CCNC=C1.[HH]. The van der Waals surface area contributed by atoms with Crippen molar-refractivity contribution in [1.29, 1.82) is 0 Å². The molecule has 5 rings (SSSR count). The van der Waals surface area contributed by atoms with Crippen LogP contribution in [0.2, 0.25) is 0 Å². The highest BCUT2D eigenvalue weighted by atomic mass is 16.5. The Morgan fingerprint density at radius 2 is 2.06 bits per heavy atom. The van der Waals surface area contributed by atoms with Crippen molar-refractivity contribution in [3.8, 4) is 17.2 Å². The number of rotatable bonds is 6. The summed E-state index contributed by atoms with van der Waals surface area (Å²) in [7, 11) is 0. The zero-order chi connectivity index (χ0) is 24.6. The number of carbonyl (C=O) groups excluding carboxylic acids is 1. The molecular weight excluding hydrogens is 440 g/mol. The fourth-order valence-corrected chi connectivity index (χ4v) is 3.68. The molecule has 0 radical (unpaired) electrons. The number of pyridine rings is 1. The number of dihydropyridines is 1. The van der Waals surface area contributed by atoms with E-state index in [1.807, 2.05) is 69.4 Å². The van der Waals surface area contributed by atoms with E-state index in [-0.39, 0.29) is 7.33 Å². The third-order valence-electron chi connectivity index (χ3n) is 5.47. The van der Waals surface area contributed by atoms with E-state index in [0.717, 1.165) is 34.3 Å². The molecule has 4 aromatic rings. The zero-order valence-electron chi connectivity index (χ0n) is 20.0. The van der Waals surface area contributed by atoms with E-state index < -0.39 is 0 Å². The molecule has 8 heteroatoms. The minimum absolute atomic E-state index is 0. The van der Waals surface area contributed by atoms with Gasteiger partial charge in [0.1, 0.15) is 11.5 Å². The Bertz CT molecular complexity index is 1380. The second-order valence-electron chi connectivity index (χ2n) is 7.59. The van der Waals surface area contributed by atoms with Crippen LogP contribution >= 0.6 is 0 Å². The van der Waals surface area contributed by atoms with Crippen LogP contribution in [0, 0.1) is 6.92 Å². The minimum Gasteiger partial charge on any atom is -0.456 e. The molecule has 1 amide bonds. The van der Waals surface area contributed by atoms with Crippen LogP contribution in [0.4, 0.5) is 0 Å². The van der Waals surface area contributed by atoms with Crippen LogP contribution in [-0.4, -0.2) is 39.0 Å². The van der Waals surface area contributed by atoms with Crippen molar-refractivity contribution in [1.82, 2.24) is 30.6 Å². The summed E-state index contributed by atoms with van der Waals surface area (Å²) >= 11 is 0. The van der Waals surface area contributed by atoms with Crippen molar-refractivity contribution in [2.24, 2.45) is 0 Å². The fraction of sp³-hybridized carbons (Fsp3) is 0.185. The topological polar surface area (TPSA) is 94.0 Å². The number of benzene rings is 2. The van der Waals surface area contributed by atoms with Crippen LogP contribution < -0.4 is 15.4 Å². The van der Waals surface area contributed by atoms with Gasteiger partial charge in [0.25, 0.3) is 5.91 Å². The molecule has 180 valence electrons. The largest absolute Gasteiger partial charge is 0.456 e. The fourth-order valence-electron chi connectivity index (χ4n) is 3.68. The predicted molar refractivity (Wildman–Crippen MR) is 139 cm³/mol. The van der Waals surface area contributed by atoms with E-state index in [4.69, 9.17) is 4.74 Å². The summed E-state index contributed by atoms with van der Waals surface area (Å²) in [5, 5.41) is 14.8. The minimum atomic E-state index is -0.136. The summed E-state index contributed by atoms with van der Waals surface area (Å²) < 4.78 is 7.93. The van der Waals surface area contributed by atoms with Crippen molar-refractivity contribution < 1.29 is 11.0 Å². The van der Waals surface area contributed by atoms with Gasteiger partial charge >= 0.3 is 0 Å². The average Bonchev–Trinajstić information content (AvgIpc) is 3.45.